The zero-order valence-electron chi connectivity index (χ0n) is 15.6. The maximum atomic E-state index is 11.5. The smallest absolute Gasteiger partial charge is 0.269 e. The number of nitrogens with two attached hydrogens (primary N) is 1. The molecule has 1 saturated heterocycles. The minimum atomic E-state index is -0.469. The molecule has 2 aromatic rings. The van der Waals surface area contributed by atoms with Crippen molar-refractivity contribution in [1.82, 2.24) is 25.0 Å². The molecule has 0 aliphatic carbocycles. The number of nitrogens with zero attached hydrogens (tertiary/aromatic N) is 5. The number of hydrogen-bond donors (Lipinski definition) is 2. The summed E-state index contributed by atoms with van der Waals surface area (Å²) in [5.41, 5.74) is 7.86. The molecule has 0 saturated carbocycles. The van der Waals surface area contributed by atoms with E-state index in [1.807, 2.05) is 37.5 Å². The molecular weight excluding hydrogens is 330 g/mol. The van der Waals surface area contributed by atoms with Crippen molar-refractivity contribution in [2.75, 3.05) is 32.1 Å². The maximum Gasteiger partial charge on any atom is 0.269 e. The van der Waals surface area contributed by atoms with Gasteiger partial charge in [0.1, 0.15) is 5.82 Å². The lowest BCUT2D eigenvalue weighted by molar-refractivity contribution is 0.0993. The fourth-order valence-corrected chi connectivity index (χ4v) is 3.29. The molecule has 0 bridgehead atoms. The van der Waals surface area contributed by atoms with Crippen molar-refractivity contribution in [3.05, 3.63) is 41.3 Å². The summed E-state index contributed by atoms with van der Waals surface area (Å²) in [7, 11) is 5.78. The van der Waals surface area contributed by atoms with Gasteiger partial charge >= 0.3 is 0 Å². The molecule has 0 spiro atoms. The summed E-state index contributed by atoms with van der Waals surface area (Å²) < 4.78 is 1.64. The fraction of sp³-hybridized carbons (Fsp3) is 0.500. The number of anilines is 1. The van der Waals surface area contributed by atoms with Crippen molar-refractivity contribution in [1.29, 1.82) is 0 Å². The first-order chi connectivity index (χ1) is 12.4. The Labute approximate surface area is 154 Å². The maximum absolute atomic E-state index is 11.5. The van der Waals surface area contributed by atoms with Crippen LogP contribution in [0.3, 0.4) is 0 Å². The molecule has 1 aliphatic rings. The zero-order chi connectivity index (χ0) is 18.7. The first-order valence-corrected chi connectivity index (χ1v) is 8.82. The molecule has 26 heavy (non-hydrogen) atoms. The molecule has 1 atom stereocenters. The van der Waals surface area contributed by atoms with Gasteiger partial charge in [0.05, 0.1) is 0 Å². The second-order valence-corrected chi connectivity index (χ2v) is 7.06. The summed E-state index contributed by atoms with van der Waals surface area (Å²) in [6, 6.07) is 4.57. The lowest BCUT2D eigenvalue weighted by Crippen LogP contribution is -2.32. The van der Waals surface area contributed by atoms with Gasteiger partial charge in [-0.3, -0.25) is 14.4 Å². The highest BCUT2D eigenvalue weighted by atomic mass is 16.1. The number of hydrogen-bond acceptors (Lipinski definition) is 6. The molecule has 3 N–H and O–H groups in total. The van der Waals surface area contributed by atoms with Gasteiger partial charge in [0.2, 0.25) is 0 Å². The Kier molecular flexibility index (Phi) is 5.53. The van der Waals surface area contributed by atoms with E-state index in [9.17, 15) is 4.79 Å². The average Bonchev–Trinajstić information content (AvgIpc) is 3.20. The summed E-state index contributed by atoms with van der Waals surface area (Å²) in [6.07, 6.45) is 4.87. The van der Waals surface area contributed by atoms with Crippen molar-refractivity contribution in [2.24, 2.45) is 12.8 Å². The van der Waals surface area contributed by atoms with E-state index in [0.29, 0.717) is 18.3 Å². The third-order valence-corrected chi connectivity index (χ3v) is 4.67. The molecule has 1 aliphatic heterocycles. The van der Waals surface area contributed by atoms with Gasteiger partial charge in [-0.05, 0) is 18.1 Å². The minimum Gasteiger partial charge on any atom is -0.364 e. The largest absolute Gasteiger partial charge is 0.364 e. The van der Waals surface area contributed by atoms with Crippen LogP contribution in [0.25, 0.3) is 0 Å². The van der Waals surface area contributed by atoms with E-state index in [-0.39, 0.29) is 0 Å². The van der Waals surface area contributed by atoms with E-state index in [1.54, 1.807) is 11.7 Å². The van der Waals surface area contributed by atoms with E-state index in [2.05, 4.69) is 26.4 Å². The molecule has 140 valence electrons. The molecule has 3 rings (SSSR count). The minimum absolute atomic E-state index is 0.371. The molecule has 1 unspecified atom stereocenters. The molecule has 1 fully saturated rings. The van der Waals surface area contributed by atoms with Gasteiger partial charge in [-0.1, -0.05) is 6.07 Å². The first kappa shape index (κ1) is 18.3. The average molecular weight is 357 g/mol. The summed E-state index contributed by atoms with van der Waals surface area (Å²) in [4.78, 5) is 20.3. The van der Waals surface area contributed by atoms with E-state index in [1.165, 1.54) is 5.56 Å². The highest BCUT2D eigenvalue weighted by Gasteiger charge is 2.24. The van der Waals surface area contributed by atoms with Crippen LogP contribution >= 0.6 is 0 Å². The van der Waals surface area contributed by atoms with Crippen LogP contribution in [0.4, 0.5) is 5.82 Å². The summed E-state index contributed by atoms with van der Waals surface area (Å²) in [5.74, 6) is 0.491. The van der Waals surface area contributed by atoms with Crippen LogP contribution in [0.2, 0.25) is 0 Å². The first-order valence-electron chi connectivity index (χ1n) is 8.82. The summed E-state index contributed by atoms with van der Waals surface area (Å²) >= 11 is 0. The molecular formula is C18H27N7O. The number of carbonyl (C=O) groups excluding carboxylic acids is 1. The molecule has 8 heteroatoms. The Morgan fingerprint density at radius 3 is 2.88 bits per heavy atom. The molecule has 8 nitrogen and oxygen atoms in total. The zero-order valence-corrected chi connectivity index (χ0v) is 15.6. The van der Waals surface area contributed by atoms with Gasteiger partial charge < -0.3 is 16.0 Å². The van der Waals surface area contributed by atoms with E-state index < -0.39 is 5.91 Å². The lowest BCUT2D eigenvalue weighted by atomic mass is 10.2. The third-order valence-electron chi connectivity index (χ3n) is 4.67. The van der Waals surface area contributed by atoms with Gasteiger partial charge in [-0.2, -0.15) is 5.10 Å². The Balaban J connectivity index is 1.50. The van der Waals surface area contributed by atoms with Gasteiger partial charge in [-0.25, -0.2) is 4.98 Å². The molecule has 1 amide bonds. The normalized spacial score (nSPS) is 17.6. The number of carbonyl (C=O) groups is 1. The topological polar surface area (TPSA) is 92.3 Å². The predicted octanol–water partition coefficient (Wildman–Crippen LogP) is 0.344. The number of nitrogens with one attached hydrogen (secondary N) is 1. The second-order valence-electron chi connectivity index (χ2n) is 7.06. The predicted molar refractivity (Wildman–Crippen MR) is 101 cm³/mol. The molecule has 0 radical (unpaired) electrons. The van der Waals surface area contributed by atoms with Gasteiger partial charge in [0.15, 0.2) is 5.69 Å². The monoisotopic (exact) mass is 357 g/mol. The van der Waals surface area contributed by atoms with E-state index in [4.69, 9.17) is 5.73 Å². The van der Waals surface area contributed by atoms with Crippen molar-refractivity contribution in [3.8, 4) is 0 Å². The van der Waals surface area contributed by atoms with E-state index >= 15 is 0 Å². The Hall–Kier alpha value is -2.45. The van der Waals surface area contributed by atoms with Crippen LogP contribution < -0.4 is 16.0 Å². The molecule has 2 aromatic heterocycles. The van der Waals surface area contributed by atoms with Gasteiger partial charge in [0.25, 0.3) is 5.91 Å². The van der Waals surface area contributed by atoms with Crippen LogP contribution in [-0.4, -0.2) is 58.8 Å². The summed E-state index contributed by atoms with van der Waals surface area (Å²) in [5, 5.41) is 7.75. The second kappa shape index (κ2) is 7.84. The fourth-order valence-electron chi connectivity index (χ4n) is 3.29. The highest BCUT2D eigenvalue weighted by Crippen LogP contribution is 2.16. The standard InChI is InChI=1S/C18H27N7O/c1-23(2)16-5-4-13(9-21-16)8-20-15-6-7-25(12-15)11-14-10-24(3)22-17(14)18(19)26/h4-5,9-10,15,20H,6-8,11-12H2,1-3H3,(H2,19,26). The van der Waals surface area contributed by atoms with Gasteiger partial charge in [0, 0.05) is 71.3 Å². The van der Waals surface area contributed by atoms with E-state index in [0.717, 1.165) is 37.4 Å². The number of rotatable bonds is 7. The Bertz CT molecular complexity index is 753. The number of aryl methyl sites for hydroxylation is 1. The quantitative estimate of drug-likeness (QED) is 0.743. The number of likely N-dealkylation sites (tertiary alicyclic amines) is 1. The molecule has 3 heterocycles. The van der Waals surface area contributed by atoms with Crippen LogP contribution in [0, 0.1) is 0 Å². The molecule has 0 aromatic carbocycles. The SMILES string of the molecule is CN(C)c1ccc(CNC2CCN(Cc3cn(C)nc3C(N)=O)C2)cn1. The summed E-state index contributed by atoms with van der Waals surface area (Å²) in [6.45, 7) is 3.43. The highest BCUT2D eigenvalue weighted by molar-refractivity contribution is 5.92. The number of amides is 1. The van der Waals surface area contributed by atoms with Crippen LogP contribution in [0.15, 0.2) is 24.5 Å². The van der Waals surface area contributed by atoms with Crippen molar-refractivity contribution >= 4 is 11.7 Å². The lowest BCUT2D eigenvalue weighted by Gasteiger charge is -2.17. The van der Waals surface area contributed by atoms with Crippen molar-refractivity contribution < 1.29 is 4.79 Å². The van der Waals surface area contributed by atoms with Crippen LogP contribution in [0.1, 0.15) is 28.0 Å². The van der Waals surface area contributed by atoms with Gasteiger partial charge in [-0.15, -0.1) is 0 Å². The van der Waals surface area contributed by atoms with Crippen LogP contribution in [-0.2, 0) is 20.1 Å². The van der Waals surface area contributed by atoms with Crippen LogP contribution in [0.5, 0.6) is 0 Å². The number of primary amides is 1. The Morgan fingerprint density at radius 1 is 1.42 bits per heavy atom. The van der Waals surface area contributed by atoms with Crippen molar-refractivity contribution in [2.45, 2.75) is 25.6 Å². The Morgan fingerprint density at radius 2 is 2.23 bits per heavy atom. The van der Waals surface area contributed by atoms with Crippen molar-refractivity contribution in [3.63, 3.8) is 0 Å². The number of pyridine rings is 1. The third kappa shape index (κ3) is 4.39. The number of aromatic nitrogens is 3.